The van der Waals surface area contributed by atoms with Crippen LogP contribution in [-0.2, 0) is 0 Å². The summed E-state index contributed by atoms with van der Waals surface area (Å²) in [6.45, 7) is 3.11. The zero-order chi connectivity index (χ0) is 13.8. The fourth-order valence-corrected chi connectivity index (χ4v) is 2.46. The van der Waals surface area contributed by atoms with Crippen LogP contribution in [0.5, 0.6) is 0 Å². The SMILES string of the molecule is CCN(c1cccc(F)c1)C(CN)c1ccc(Br)o1. The molecular formula is C14H16BrFN2O. The Labute approximate surface area is 120 Å². The topological polar surface area (TPSA) is 42.4 Å². The second-order valence-electron chi connectivity index (χ2n) is 4.16. The lowest BCUT2D eigenvalue weighted by Crippen LogP contribution is -2.33. The molecule has 0 aliphatic carbocycles. The average Bonchev–Trinajstić information content (AvgIpc) is 2.82. The van der Waals surface area contributed by atoms with Crippen LogP contribution < -0.4 is 10.6 Å². The van der Waals surface area contributed by atoms with Crippen molar-refractivity contribution < 1.29 is 8.81 Å². The minimum absolute atomic E-state index is 0.113. The molecule has 1 aromatic heterocycles. The van der Waals surface area contributed by atoms with Gasteiger partial charge in [-0.1, -0.05) is 6.07 Å². The molecule has 3 nitrogen and oxygen atoms in total. The molecule has 0 radical (unpaired) electrons. The van der Waals surface area contributed by atoms with E-state index in [4.69, 9.17) is 10.2 Å². The van der Waals surface area contributed by atoms with E-state index in [-0.39, 0.29) is 11.9 Å². The second-order valence-corrected chi connectivity index (χ2v) is 4.94. The van der Waals surface area contributed by atoms with Gasteiger partial charge in [-0.05, 0) is 53.2 Å². The zero-order valence-corrected chi connectivity index (χ0v) is 12.2. The van der Waals surface area contributed by atoms with E-state index in [0.717, 1.165) is 11.4 Å². The molecule has 2 N–H and O–H groups in total. The van der Waals surface area contributed by atoms with Gasteiger partial charge in [-0.3, -0.25) is 0 Å². The van der Waals surface area contributed by atoms with Crippen molar-refractivity contribution in [1.29, 1.82) is 0 Å². The van der Waals surface area contributed by atoms with Crippen molar-refractivity contribution in [2.75, 3.05) is 18.0 Å². The highest BCUT2D eigenvalue weighted by atomic mass is 79.9. The van der Waals surface area contributed by atoms with Crippen LogP contribution >= 0.6 is 15.9 Å². The molecule has 102 valence electrons. The van der Waals surface area contributed by atoms with Crippen LogP contribution in [0.2, 0.25) is 0 Å². The van der Waals surface area contributed by atoms with Crippen molar-refractivity contribution in [2.24, 2.45) is 5.73 Å². The first-order valence-electron chi connectivity index (χ1n) is 6.13. The van der Waals surface area contributed by atoms with E-state index in [0.29, 0.717) is 17.8 Å². The molecule has 0 aliphatic heterocycles. The maximum absolute atomic E-state index is 13.3. The molecule has 1 atom stereocenters. The summed E-state index contributed by atoms with van der Waals surface area (Å²) < 4.78 is 19.6. The maximum Gasteiger partial charge on any atom is 0.169 e. The van der Waals surface area contributed by atoms with E-state index < -0.39 is 0 Å². The van der Waals surface area contributed by atoms with Crippen LogP contribution in [0, 0.1) is 5.82 Å². The Bertz CT molecular complexity index is 544. The first kappa shape index (κ1) is 14.1. The van der Waals surface area contributed by atoms with Gasteiger partial charge in [0.2, 0.25) is 0 Å². The normalized spacial score (nSPS) is 12.4. The quantitative estimate of drug-likeness (QED) is 0.910. The maximum atomic E-state index is 13.3. The van der Waals surface area contributed by atoms with Crippen LogP contribution in [0.4, 0.5) is 10.1 Å². The molecule has 2 rings (SSSR count). The monoisotopic (exact) mass is 326 g/mol. The zero-order valence-electron chi connectivity index (χ0n) is 10.6. The number of likely N-dealkylation sites (N-methyl/N-ethyl adjacent to an activating group) is 1. The van der Waals surface area contributed by atoms with E-state index in [9.17, 15) is 4.39 Å². The molecule has 0 spiro atoms. The molecule has 19 heavy (non-hydrogen) atoms. The summed E-state index contributed by atoms with van der Waals surface area (Å²) in [5, 5.41) is 0. The summed E-state index contributed by atoms with van der Waals surface area (Å²) in [7, 11) is 0. The minimum atomic E-state index is -0.257. The highest BCUT2D eigenvalue weighted by Gasteiger charge is 2.21. The van der Waals surface area contributed by atoms with E-state index in [1.165, 1.54) is 12.1 Å². The lowest BCUT2D eigenvalue weighted by Gasteiger charge is -2.30. The number of benzene rings is 1. The number of hydrogen-bond donors (Lipinski definition) is 1. The van der Waals surface area contributed by atoms with Gasteiger partial charge in [-0.15, -0.1) is 0 Å². The first-order chi connectivity index (χ1) is 9.15. The smallest absolute Gasteiger partial charge is 0.169 e. The largest absolute Gasteiger partial charge is 0.452 e. The molecule has 0 bridgehead atoms. The lowest BCUT2D eigenvalue weighted by molar-refractivity contribution is 0.438. The van der Waals surface area contributed by atoms with Gasteiger partial charge < -0.3 is 15.1 Å². The Balaban J connectivity index is 2.33. The van der Waals surface area contributed by atoms with E-state index in [1.807, 2.05) is 30.0 Å². The molecule has 2 aromatic rings. The van der Waals surface area contributed by atoms with Crippen LogP contribution in [-0.4, -0.2) is 13.1 Å². The van der Waals surface area contributed by atoms with Crippen LogP contribution in [0.1, 0.15) is 18.7 Å². The first-order valence-corrected chi connectivity index (χ1v) is 6.92. The molecular weight excluding hydrogens is 311 g/mol. The third-order valence-corrected chi connectivity index (χ3v) is 3.43. The van der Waals surface area contributed by atoms with Gasteiger partial charge in [0.1, 0.15) is 11.6 Å². The summed E-state index contributed by atoms with van der Waals surface area (Å²) in [6, 6.07) is 10.1. The summed E-state index contributed by atoms with van der Waals surface area (Å²) in [5.41, 5.74) is 6.65. The van der Waals surface area contributed by atoms with Crippen LogP contribution in [0.15, 0.2) is 45.5 Å². The third kappa shape index (κ3) is 3.16. The molecule has 1 unspecified atom stereocenters. The van der Waals surface area contributed by atoms with Crippen molar-refractivity contribution in [1.82, 2.24) is 0 Å². The van der Waals surface area contributed by atoms with E-state index >= 15 is 0 Å². The van der Waals surface area contributed by atoms with Gasteiger partial charge in [0.25, 0.3) is 0 Å². The second kappa shape index (κ2) is 6.21. The highest BCUT2D eigenvalue weighted by molar-refractivity contribution is 9.10. The Kier molecular flexibility index (Phi) is 4.61. The van der Waals surface area contributed by atoms with Gasteiger partial charge in [-0.2, -0.15) is 0 Å². The molecule has 0 aliphatic rings. The van der Waals surface area contributed by atoms with E-state index in [1.54, 1.807) is 6.07 Å². The van der Waals surface area contributed by atoms with Gasteiger partial charge in [-0.25, -0.2) is 4.39 Å². The fourth-order valence-electron chi connectivity index (χ4n) is 2.14. The summed E-state index contributed by atoms with van der Waals surface area (Å²) >= 11 is 3.28. The molecule has 5 heteroatoms. The van der Waals surface area contributed by atoms with Gasteiger partial charge in [0, 0.05) is 18.8 Å². The average molecular weight is 327 g/mol. The third-order valence-electron chi connectivity index (χ3n) is 3.00. The summed E-state index contributed by atoms with van der Waals surface area (Å²) in [6.07, 6.45) is 0. The summed E-state index contributed by atoms with van der Waals surface area (Å²) in [4.78, 5) is 2.02. The van der Waals surface area contributed by atoms with Crippen molar-refractivity contribution in [3.8, 4) is 0 Å². The number of nitrogens with zero attached hydrogens (tertiary/aromatic N) is 1. The molecule has 0 saturated heterocycles. The minimum Gasteiger partial charge on any atom is -0.452 e. The number of anilines is 1. The summed E-state index contributed by atoms with van der Waals surface area (Å²) in [5.74, 6) is 0.507. The Morgan fingerprint density at radius 3 is 2.68 bits per heavy atom. The number of halogens is 2. The van der Waals surface area contributed by atoms with E-state index in [2.05, 4.69) is 15.9 Å². The Morgan fingerprint density at radius 1 is 1.37 bits per heavy atom. The molecule has 1 heterocycles. The molecule has 0 amide bonds. The van der Waals surface area contributed by atoms with Gasteiger partial charge >= 0.3 is 0 Å². The van der Waals surface area contributed by atoms with Gasteiger partial charge in [0.15, 0.2) is 4.67 Å². The number of rotatable bonds is 5. The van der Waals surface area contributed by atoms with Crippen molar-refractivity contribution >= 4 is 21.6 Å². The molecule has 0 saturated carbocycles. The van der Waals surface area contributed by atoms with Crippen molar-refractivity contribution in [3.63, 3.8) is 0 Å². The highest BCUT2D eigenvalue weighted by Crippen LogP contribution is 2.29. The molecule has 1 aromatic carbocycles. The van der Waals surface area contributed by atoms with Crippen LogP contribution in [0.3, 0.4) is 0 Å². The number of furan rings is 1. The molecule has 0 fully saturated rings. The lowest BCUT2D eigenvalue weighted by atomic mass is 10.1. The van der Waals surface area contributed by atoms with Crippen LogP contribution in [0.25, 0.3) is 0 Å². The van der Waals surface area contributed by atoms with Gasteiger partial charge in [0.05, 0.1) is 6.04 Å². The Hall–Kier alpha value is -1.33. The number of nitrogens with two attached hydrogens (primary N) is 1. The predicted octanol–water partition coefficient (Wildman–Crippen LogP) is 3.71. The van der Waals surface area contributed by atoms with Crippen molar-refractivity contribution in [3.05, 3.63) is 52.6 Å². The fraction of sp³-hybridized carbons (Fsp3) is 0.286. The number of hydrogen-bond acceptors (Lipinski definition) is 3. The predicted molar refractivity (Wildman–Crippen MR) is 77.6 cm³/mol. The standard InChI is InChI=1S/C14H16BrFN2O/c1-2-18(11-5-3-4-10(16)8-11)12(9-17)13-6-7-14(15)19-13/h3-8,12H,2,9,17H2,1H3. The van der Waals surface area contributed by atoms with Crippen molar-refractivity contribution in [2.45, 2.75) is 13.0 Å². The Morgan fingerprint density at radius 2 is 2.16 bits per heavy atom.